The fraction of sp³-hybridized carbons (Fsp3) is 0.615. The minimum Gasteiger partial charge on any atom is -0.380 e. The maximum atomic E-state index is 5.49. The third-order valence-corrected chi connectivity index (χ3v) is 2.55. The van der Waals surface area contributed by atoms with Crippen molar-refractivity contribution in [2.75, 3.05) is 19.8 Å². The molecule has 0 aliphatic rings. The highest BCUT2D eigenvalue weighted by Crippen LogP contribution is 2.09. The zero-order valence-corrected chi connectivity index (χ0v) is 10.3. The molecule has 1 unspecified atom stereocenters. The minimum atomic E-state index is 0.359. The van der Waals surface area contributed by atoms with Crippen LogP contribution in [0.2, 0.25) is 0 Å². The van der Waals surface area contributed by atoms with Crippen LogP contribution in [0, 0.1) is 0 Å². The summed E-state index contributed by atoms with van der Waals surface area (Å²) in [5, 5.41) is 3.42. The molecule has 0 bridgehead atoms. The average molecular weight is 222 g/mol. The summed E-state index contributed by atoms with van der Waals surface area (Å²) in [5.74, 6) is 0. The lowest BCUT2D eigenvalue weighted by atomic mass is 10.1. The van der Waals surface area contributed by atoms with Crippen molar-refractivity contribution in [2.45, 2.75) is 32.7 Å². The standard InChI is InChI=1S/C13H22N2O/c1-3-4-10-16-11-9-15-12(2)13-5-7-14-8-6-13/h5-8,12,15H,3-4,9-11H2,1-2H3. The van der Waals surface area contributed by atoms with E-state index in [-0.39, 0.29) is 0 Å². The second kappa shape index (κ2) is 8.25. The summed E-state index contributed by atoms with van der Waals surface area (Å²) >= 11 is 0. The molecule has 3 nitrogen and oxygen atoms in total. The van der Waals surface area contributed by atoms with Crippen LogP contribution in [0.5, 0.6) is 0 Å². The summed E-state index contributed by atoms with van der Waals surface area (Å²) in [6.07, 6.45) is 6.00. The Hall–Kier alpha value is -0.930. The molecule has 0 aliphatic heterocycles. The molecule has 1 atom stereocenters. The molecular weight excluding hydrogens is 200 g/mol. The van der Waals surface area contributed by atoms with Crippen LogP contribution in [0.1, 0.15) is 38.3 Å². The first kappa shape index (κ1) is 13.1. The van der Waals surface area contributed by atoms with E-state index in [1.54, 1.807) is 0 Å². The van der Waals surface area contributed by atoms with Gasteiger partial charge in [0.1, 0.15) is 0 Å². The lowest BCUT2D eigenvalue weighted by molar-refractivity contribution is 0.131. The molecular formula is C13H22N2O. The Bertz CT molecular complexity index is 264. The molecule has 0 amide bonds. The van der Waals surface area contributed by atoms with Crippen molar-refractivity contribution in [3.8, 4) is 0 Å². The third-order valence-electron chi connectivity index (χ3n) is 2.55. The number of aromatic nitrogens is 1. The van der Waals surface area contributed by atoms with Crippen LogP contribution in [0.4, 0.5) is 0 Å². The van der Waals surface area contributed by atoms with Gasteiger partial charge in [-0.1, -0.05) is 13.3 Å². The van der Waals surface area contributed by atoms with Crippen LogP contribution in [0.15, 0.2) is 24.5 Å². The Morgan fingerprint density at radius 1 is 1.31 bits per heavy atom. The van der Waals surface area contributed by atoms with Crippen molar-refractivity contribution in [1.29, 1.82) is 0 Å². The predicted octanol–water partition coefficient (Wildman–Crippen LogP) is 2.55. The van der Waals surface area contributed by atoms with E-state index in [2.05, 4.69) is 24.1 Å². The Morgan fingerprint density at radius 3 is 2.75 bits per heavy atom. The van der Waals surface area contributed by atoms with Gasteiger partial charge in [-0.15, -0.1) is 0 Å². The topological polar surface area (TPSA) is 34.1 Å². The predicted molar refractivity (Wildman–Crippen MR) is 66.4 cm³/mol. The van der Waals surface area contributed by atoms with E-state index in [1.165, 1.54) is 12.0 Å². The summed E-state index contributed by atoms with van der Waals surface area (Å²) in [6.45, 7) is 6.89. The summed E-state index contributed by atoms with van der Waals surface area (Å²) in [6, 6.07) is 4.43. The van der Waals surface area contributed by atoms with E-state index in [1.807, 2.05) is 24.5 Å². The number of unbranched alkanes of at least 4 members (excludes halogenated alkanes) is 1. The molecule has 0 aromatic carbocycles. The second-order valence-electron chi connectivity index (χ2n) is 3.92. The van der Waals surface area contributed by atoms with E-state index >= 15 is 0 Å². The summed E-state index contributed by atoms with van der Waals surface area (Å²) in [7, 11) is 0. The van der Waals surface area contributed by atoms with E-state index in [9.17, 15) is 0 Å². The largest absolute Gasteiger partial charge is 0.380 e. The minimum absolute atomic E-state index is 0.359. The summed E-state index contributed by atoms with van der Waals surface area (Å²) < 4.78 is 5.49. The molecule has 1 rings (SSSR count). The van der Waals surface area contributed by atoms with Crippen LogP contribution in [-0.2, 0) is 4.74 Å². The van der Waals surface area contributed by atoms with Crippen molar-refractivity contribution in [3.63, 3.8) is 0 Å². The van der Waals surface area contributed by atoms with Crippen LogP contribution >= 0.6 is 0 Å². The average Bonchev–Trinajstić information content (AvgIpc) is 2.34. The lowest BCUT2D eigenvalue weighted by Gasteiger charge is -2.13. The van der Waals surface area contributed by atoms with Crippen LogP contribution in [0.25, 0.3) is 0 Å². The van der Waals surface area contributed by atoms with Gasteiger partial charge in [-0.3, -0.25) is 4.98 Å². The third kappa shape index (κ3) is 5.24. The lowest BCUT2D eigenvalue weighted by Crippen LogP contribution is -2.23. The summed E-state index contributed by atoms with van der Waals surface area (Å²) in [4.78, 5) is 4.01. The molecule has 1 N–H and O–H groups in total. The number of pyridine rings is 1. The first-order valence-corrected chi connectivity index (χ1v) is 6.05. The number of hydrogen-bond acceptors (Lipinski definition) is 3. The second-order valence-corrected chi connectivity index (χ2v) is 3.92. The number of nitrogens with zero attached hydrogens (tertiary/aromatic N) is 1. The molecule has 1 heterocycles. The van der Waals surface area contributed by atoms with Crippen molar-refractivity contribution >= 4 is 0 Å². The molecule has 0 saturated heterocycles. The number of nitrogens with one attached hydrogen (secondary N) is 1. The summed E-state index contributed by atoms with van der Waals surface area (Å²) in [5.41, 5.74) is 1.27. The van der Waals surface area contributed by atoms with Gasteiger partial charge in [0.25, 0.3) is 0 Å². The molecule has 3 heteroatoms. The molecule has 16 heavy (non-hydrogen) atoms. The molecule has 1 aromatic heterocycles. The van der Waals surface area contributed by atoms with Crippen LogP contribution in [-0.4, -0.2) is 24.7 Å². The van der Waals surface area contributed by atoms with Gasteiger partial charge in [0, 0.05) is 31.6 Å². The Kier molecular flexibility index (Phi) is 6.77. The molecule has 0 fully saturated rings. The van der Waals surface area contributed by atoms with Gasteiger partial charge in [-0.2, -0.15) is 0 Å². The number of ether oxygens (including phenoxy) is 1. The van der Waals surface area contributed by atoms with Gasteiger partial charge < -0.3 is 10.1 Å². The first-order chi connectivity index (χ1) is 7.84. The maximum Gasteiger partial charge on any atom is 0.0591 e. The molecule has 1 aromatic rings. The van der Waals surface area contributed by atoms with Crippen LogP contribution in [0.3, 0.4) is 0 Å². The molecule has 0 spiro atoms. The zero-order valence-electron chi connectivity index (χ0n) is 10.3. The van der Waals surface area contributed by atoms with Crippen molar-refractivity contribution in [3.05, 3.63) is 30.1 Å². The Labute approximate surface area is 98.2 Å². The van der Waals surface area contributed by atoms with E-state index in [0.29, 0.717) is 6.04 Å². The van der Waals surface area contributed by atoms with E-state index in [4.69, 9.17) is 4.74 Å². The zero-order chi connectivity index (χ0) is 11.6. The normalized spacial score (nSPS) is 12.6. The molecule has 90 valence electrons. The van der Waals surface area contributed by atoms with Gasteiger partial charge in [-0.25, -0.2) is 0 Å². The first-order valence-electron chi connectivity index (χ1n) is 6.05. The van der Waals surface area contributed by atoms with E-state index < -0.39 is 0 Å². The highest BCUT2D eigenvalue weighted by Gasteiger charge is 2.02. The molecule has 0 aliphatic carbocycles. The fourth-order valence-electron chi connectivity index (χ4n) is 1.47. The number of rotatable bonds is 8. The smallest absolute Gasteiger partial charge is 0.0591 e. The van der Waals surface area contributed by atoms with Gasteiger partial charge in [0.15, 0.2) is 0 Å². The maximum absolute atomic E-state index is 5.49. The van der Waals surface area contributed by atoms with Gasteiger partial charge in [-0.05, 0) is 31.0 Å². The SMILES string of the molecule is CCCCOCCNC(C)c1ccncc1. The van der Waals surface area contributed by atoms with Crippen molar-refractivity contribution < 1.29 is 4.74 Å². The highest BCUT2D eigenvalue weighted by molar-refractivity contribution is 5.13. The highest BCUT2D eigenvalue weighted by atomic mass is 16.5. The van der Waals surface area contributed by atoms with E-state index in [0.717, 1.165) is 26.2 Å². The Morgan fingerprint density at radius 2 is 2.06 bits per heavy atom. The fourth-order valence-corrected chi connectivity index (χ4v) is 1.47. The van der Waals surface area contributed by atoms with Crippen molar-refractivity contribution in [2.24, 2.45) is 0 Å². The Balaban J connectivity index is 2.09. The van der Waals surface area contributed by atoms with Gasteiger partial charge in [0.05, 0.1) is 6.61 Å². The quantitative estimate of drug-likeness (QED) is 0.686. The monoisotopic (exact) mass is 222 g/mol. The van der Waals surface area contributed by atoms with Gasteiger partial charge >= 0.3 is 0 Å². The van der Waals surface area contributed by atoms with Crippen molar-refractivity contribution in [1.82, 2.24) is 10.3 Å². The van der Waals surface area contributed by atoms with Crippen LogP contribution < -0.4 is 5.32 Å². The molecule has 0 saturated carbocycles. The van der Waals surface area contributed by atoms with Gasteiger partial charge in [0.2, 0.25) is 0 Å². The molecule has 0 radical (unpaired) electrons. The number of hydrogen-bond donors (Lipinski definition) is 1.